The van der Waals surface area contributed by atoms with Crippen molar-refractivity contribution in [3.63, 3.8) is 0 Å². The van der Waals surface area contributed by atoms with Gasteiger partial charge in [0, 0.05) is 29.6 Å². The number of carbonyl (C=O) groups excluding carboxylic acids is 2. The zero-order valence-electron chi connectivity index (χ0n) is 20.2. The number of anilines is 1. The number of alkyl halides is 3. The number of carbonyl (C=O) groups is 2. The molecule has 2 amide bonds. The zero-order chi connectivity index (χ0) is 26.8. The van der Waals surface area contributed by atoms with Crippen LogP contribution in [0.25, 0.3) is 21.8 Å². The maximum Gasteiger partial charge on any atom is 0.428 e. The second-order valence-electron chi connectivity index (χ2n) is 9.77. The van der Waals surface area contributed by atoms with Crippen LogP contribution in [0.5, 0.6) is 0 Å². The number of aromatic nitrogens is 4. The highest BCUT2D eigenvalue weighted by Crippen LogP contribution is 2.48. The van der Waals surface area contributed by atoms with E-state index >= 15 is 0 Å². The summed E-state index contributed by atoms with van der Waals surface area (Å²) in [6.45, 7) is 0.293. The molecular weight excluding hydrogens is 503 g/mol. The first-order chi connectivity index (χ1) is 18.0. The van der Waals surface area contributed by atoms with E-state index in [9.17, 15) is 22.8 Å². The van der Waals surface area contributed by atoms with Gasteiger partial charge in [0.1, 0.15) is 12.4 Å². The maximum absolute atomic E-state index is 13.9. The van der Waals surface area contributed by atoms with E-state index in [1.54, 1.807) is 36.1 Å². The number of hydrazine groups is 1. The first-order valence-electron chi connectivity index (χ1n) is 11.8. The highest BCUT2D eigenvalue weighted by molar-refractivity contribution is 6.10. The monoisotopic (exact) mass is 525 g/mol. The van der Waals surface area contributed by atoms with E-state index in [0.717, 1.165) is 18.9 Å². The molecule has 38 heavy (non-hydrogen) atoms. The highest BCUT2D eigenvalue weighted by atomic mass is 19.4. The molecule has 0 bridgehead atoms. The third-order valence-electron chi connectivity index (χ3n) is 7.10. The van der Waals surface area contributed by atoms with Gasteiger partial charge in [-0.15, -0.1) is 0 Å². The summed E-state index contributed by atoms with van der Waals surface area (Å²) in [7, 11) is 1.75. The molecule has 0 unspecified atom stereocenters. The van der Waals surface area contributed by atoms with Crippen LogP contribution in [0.15, 0.2) is 42.7 Å². The lowest BCUT2D eigenvalue weighted by atomic mass is 10.1. The second kappa shape index (κ2) is 8.30. The van der Waals surface area contributed by atoms with Crippen molar-refractivity contribution in [3.8, 4) is 0 Å². The van der Waals surface area contributed by atoms with Crippen LogP contribution in [0.3, 0.4) is 0 Å². The number of halogens is 3. The van der Waals surface area contributed by atoms with Crippen molar-refractivity contribution >= 4 is 39.6 Å². The Balaban J connectivity index is 1.41. The molecule has 6 rings (SSSR count). The molecule has 13 heteroatoms. The van der Waals surface area contributed by atoms with E-state index in [2.05, 4.69) is 15.1 Å². The molecule has 1 aliphatic heterocycles. The highest BCUT2D eigenvalue weighted by Gasteiger charge is 2.51. The van der Waals surface area contributed by atoms with Crippen LogP contribution in [0.4, 0.5) is 23.8 Å². The van der Waals surface area contributed by atoms with E-state index in [-0.39, 0.29) is 36.4 Å². The molecule has 1 saturated heterocycles. The molecule has 0 atom stereocenters. The number of benzene rings is 1. The second-order valence-corrected chi connectivity index (χ2v) is 9.77. The van der Waals surface area contributed by atoms with E-state index in [1.807, 2.05) is 0 Å². The van der Waals surface area contributed by atoms with E-state index < -0.39 is 23.7 Å². The number of ether oxygens (including phenoxy) is 1. The van der Waals surface area contributed by atoms with Crippen molar-refractivity contribution in [3.05, 3.63) is 59.5 Å². The molecule has 1 aromatic carbocycles. The van der Waals surface area contributed by atoms with E-state index in [1.165, 1.54) is 16.1 Å². The molecule has 1 spiro atoms. The molecule has 0 radical (unpaired) electrons. The fourth-order valence-corrected chi connectivity index (χ4v) is 4.73. The normalized spacial score (nSPS) is 16.7. The first kappa shape index (κ1) is 23.9. The number of rotatable bonds is 4. The Hall–Kier alpha value is -4.42. The van der Waals surface area contributed by atoms with E-state index in [4.69, 9.17) is 10.5 Å². The summed E-state index contributed by atoms with van der Waals surface area (Å²) in [5, 5.41) is 7.92. The molecule has 2 N–H and O–H groups in total. The van der Waals surface area contributed by atoms with Gasteiger partial charge in [-0.1, -0.05) is 0 Å². The summed E-state index contributed by atoms with van der Waals surface area (Å²) in [6, 6.07) is 6.94. The van der Waals surface area contributed by atoms with Gasteiger partial charge in [-0.05, 0) is 43.2 Å². The predicted molar refractivity (Wildman–Crippen MR) is 129 cm³/mol. The van der Waals surface area contributed by atoms with Crippen LogP contribution < -0.4 is 5.73 Å². The van der Waals surface area contributed by atoms with Crippen molar-refractivity contribution in [2.75, 3.05) is 18.9 Å². The van der Waals surface area contributed by atoms with E-state index in [0.29, 0.717) is 33.8 Å². The van der Waals surface area contributed by atoms with Gasteiger partial charge in [0.15, 0.2) is 0 Å². The van der Waals surface area contributed by atoms with Crippen molar-refractivity contribution in [1.29, 1.82) is 0 Å². The summed E-state index contributed by atoms with van der Waals surface area (Å²) in [4.78, 5) is 35.0. The number of nitrogens with two attached hydrogens (primary N) is 1. The fraction of sp³-hybridized carbons (Fsp3) is 0.320. The third kappa shape index (κ3) is 4.03. The molecule has 10 nitrogen and oxygen atoms in total. The molecule has 4 heterocycles. The summed E-state index contributed by atoms with van der Waals surface area (Å²) >= 11 is 0. The lowest BCUT2D eigenvalue weighted by molar-refractivity contribution is -0.137. The third-order valence-corrected chi connectivity index (χ3v) is 7.10. The quantitative estimate of drug-likeness (QED) is 0.429. The Labute approximate surface area is 213 Å². The topological polar surface area (TPSA) is 119 Å². The number of hydrogen-bond acceptors (Lipinski definition) is 7. The van der Waals surface area contributed by atoms with Crippen LogP contribution in [0, 0.1) is 5.41 Å². The Kier molecular flexibility index (Phi) is 5.23. The predicted octanol–water partition coefficient (Wildman–Crippen LogP) is 3.91. The van der Waals surface area contributed by atoms with Gasteiger partial charge >= 0.3 is 12.3 Å². The number of fused-ring (bicyclic) bond motifs is 3. The molecule has 196 valence electrons. The van der Waals surface area contributed by atoms with Gasteiger partial charge in [0.2, 0.25) is 0 Å². The van der Waals surface area contributed by atoms with Gasteiger partial charge in [-0.3, -0.25) is 14.5 Å². The summed E-state index contributed by atoms with van der Waals surface area (Å²) in [5.41, 5.74) is 6.60. The minimum Gasteiger partial charge on any atom is -0.448 e. The van der Waals surface area contributed by atoms with Gasteiger partial charge < -0.3 is 10.5 Å². The van der Waals surface area contributed by atoms with Crippen molar-refractivity contribution in [2.45, 2.75) is 25.6 Å². The number of nitrogen functional groups attached to an aromatic ring is 1. The Morgan fingerprint density at radius 1 is 1.18 bits per heavy atom. The molecule has 1 saturated carbocycles. The lowest BCUT2D eigenvalue weighted by Gasteiger charge is -2.39. The standard InChI is InChI=1S/C25H22F3N7O3/c1-33-20-17-8-14(2-5-19(17)32-21(29)18(20)10-31-33)22(36)34(35-12-24(6-7-24)13-38-23(35)37)11-16-4-3-15(9-30-16)25(26,27)28/h2-5,8-10H,6-7,11-13H2,1H3,(H2,29,32). The molecule has 2 aliphatic rings. The minimum absolute atomic E-state index is 0.179. The summed E-state index contributed by atoms with van der Waals surface area (Å²) in [6.07, 6.45) is -1.26. The Morgan fingerprint density at radius 3 is 2.66 bits per heavy atom. The number of hydrogen-bond donors (Lipinski definition) is 1. The van der Waals surface area contributed by atoms with Gasteiger partial charge in [0.05, 0.1) is 47.0 Å². The minimum atomic E-state index is -4.55. The molecule has 1 aliphatic carbocycles. The zero-order valence-corrected chi connectivity index (χ0v) is 20.2. The number of cyclic esters (lactones) is 1. The van der Waals surface area contributed by atoms with Crippen LogP contribution in [-0.4, -0.2) is 54.9 Å². The SMILES string of the molecule is Cn1ncc2c(N)nc3ccc(C(=O)N(Cc4ccc(C(F)(F)F)cn4)N4CC5(CC5)COC4=O)cc3c21. The maximum atomic E-state index is 13.9. The molecule has 2 fully saturated rings. The average molecular weight is 525 g/mol. The van der Waals surface area contributed by atoms with Crippen LogP contribution in [0.1, 0.15) is 34.5 Å². The average Bonchev–Trinajstić information content (AvgIpc) is 3.53. The van der Waals surface area contributed by atoms with Crippen LogP contribution in [-0.2, 0) is 24.5 Å². The Morgan fingerprint density at radius 2 is 1.97 bits per heavy atom. The number of pyridine rings is 2. The first-order valence-corrected chi connectivity index (χ1v) is 11.8. The van der Waals surface area contributed by atoms with Crippen LogP contribution >= 0.6 is 0 Å². The number of nitrogens with zero attached hydrogens (tertiary/aromatic N) is 6. The van der Waals surface area contributed by atoms with Crippen molar-refractivity contribution in [1.82, 2.24) is 29.8 Å². The van der Waals surface area contributed by atoms with Gasteiger partial charge in [-0.25, -0.2) is 19.8 Å². The molecule has 3 aromatic heterocycles. The molecular formula is C25H22F3N7O3. The molecule has 4 aromatic rings. The van der Waals surface area contributed by atoms with Crippen LogP contribution in [0.2, 0.25) is 0 Å². The number of amides is 2. The van der Waals surface area contributed by atoms with Crippen molar-refractivity contribution in [2.24, 2.45) is 12.5 Å². The lowest BCUT2D eigenvalue weighted by Crippen LogP contribution is -2.55. The summed E-state index contributed by atoms with van der Waals surface area (Å²) in [5.74, 6) is -0.240. The Bertz CT molecular complexity index is 1600. The smallest absolute Gasteiger partial charge is 0.428 e. The summed E-state index contributed by atoms with van der Waals surface area (Å²) < 4.78 is 46.1. The fourth-order valence-electron chi connectivity index (χ4n) is 4.73. The van der Waals surface area contributed by atoms with Gasteiger partial charge in [0.25, 0.3) is 5.91 Å². The largest absolute Gasteiger partial charge is 0.448 e. The van der Waals surface area contributed by atoms with Crippen molar-refractivity contribution < 1.29 is 27.5 Å². The van der Waals surface area contributed by atoms with Gasteiger partial charge in [-0.2, -0.15) is 18.3 Å². The number of aryl methyl sites for hydroxylation is 1.